The predicted octanol–water partition coefficient (Wildman–Crippen LogP) is -2.80. The first kappa shape index (κ1) is 12.3. The Labute approximate surface area is 84.9 Å². The van der Waals surface area contributed by atoms with Crippen molar-refractivity contribution in [1.29, 1.82) is 0 Å². The van der Waals surface area contributed by atoms with Gasteiger partial charge in [0.1, 0.15) is 18.2 Å². The molecule has 1 saturated heterocycles. The summed E-state index contributed by atoms with van der Waals surface area (Å²) in [6.07, 6.45) is -6.75. The Hall–Kier alpha value is -0.770. The zero-order chi connectivity index (χ0) is 11.7. The van der Waals surface area contributed by atoms with Gasteiger partial charge in [-0.05, 0) is 0 Å². The number of aliphatic hydroxyl groups is 3. The second kappa shape index (κ2) is 4.39. The van der Waals surface area contributed by atoms with Crippen molar-refractivity contribution in [2.75, 3.05) is 7.05 Å². The van der Waals surface area contributed by atoms with E-state index >= 15 is 0 Å². The highest BCUT2D eigenvalue weighted by Crippen LogP contribution is 2.22. The quantitative estimate of drug-likeness (QED) is 0.317. The summed E-state index contributed by atoms with van der Waals surface area (Å²) in [4.78, 5) is 10.5. The number of carboxylic acid groups (broad SMARTS) is 1. The van der Waals surface area contributed by atoms with E-state index in [2.05, 4.69) is 4.74 Å². The molecule has 1 fully saturated rings. The molecule has 0 saturated carbocycles. The number of nitrogens with zero attached hydrogens (tertiary/aromatic N) is 1. The van der Waals surface area contributed by atoms with Gasteiger partial charge < -0.3 is 30.4 Å². The van der Waals surface area contributed by atoms with Crippen LogP contribution in [0.25, 0.3) is 0 Å². The molecule has 1 heterocycles. The third-order valence-corrected chi connectivity index (χ3v) is 2.26. The van der Waals surface area contributed by atoms with Gasteiger partial charge in [-0.25, -0.2) is 4.79 Å². The molecule has 0 bridgehead atoms. The highest BCUT2D eigenvalue weighted by molar-refractivity contribution is 5.73. The predicted molar refractivity (Wildman–Crippen MR) is 43.9 cm³/mol. The van der Waals surface area contributed by atoms with Crippen LogP contribution in [0.3, 0.4) is 0 Å². The molecular formula is C7H13NO7. The fourth-order valence-corrected chi connectivity index (χ4v) is 1.47. The fourth-order valence-electron chi connectivity index (χ4n) is 1.47. The van der Waals surface area contributed by atoms with Crippen molar-refractivity contribution >= 4 is 5.97 Å². The standard InChI is InChI=1S/C7H13NO7/c1-8(14)2-3(9)4(10)5(6(11)12)15-7(2)13/h2-5,7,9-10,13-14H,1H3,(H,11,12)/t2-,3-,4+,5+,7-/m1/s1. The number of rotatable bonds is 2. The molecule has 0 aromatic heterocycles. The molecule has 1 aliphatic heterocycles. The number of hydroxylamine groups is 2. The molecule has 0 spiro atoms. The molecule has 0 aromatic rings. The van der Waals surface area contributed by atoms with E-state index in [0.717, 1.165) is 7.05 Å². The molecule has 5 N–H and O–H groups in total. The maximum absolute atomic E-state index is 10.5. The van der Waals surface area contributed by atoms with Crippen molar-refractivity contribution in [2.24, 2.45) is 0 Å². The van der Waals surface area contributed by atoms with Gasteiger partial charge >= 0.3 is 5.97 Å². The topological polar surface area (TPSA) is 131 Å². The molecule has 15 heavy (non-hydrogen) atoms. The molecule has 1 rings (SSSR count). The van der Waals surface area contributed by atoms with Crippen LogP contribution in [-0.2, 0) is 9.53 Å². The van der Waals surface area contributed by atoms with Crippen LogP contribution < -0.4 is 0 Å². The Morgan fingerprint density at radius 1 is 1.27 bits per heavy atom. The number of hydrogen-bond acceptors (Lipinski definition) is 7. The summed E-state index contributed by atoms with van der Waals surface area (Å²) >= 11 is 0. The SMILES string of the molecule is CN(O)[C@@H]1[C@@H](O)[C@H](O)[C@@H](C(=O)O)O[C@H]1O. The van der Waals surface area contributed by atoms with Crippen LogP contribution in [0, 0.1) is 0 Å². The molecule has 0 radical (unpaired) electrons. The summed E-state index contributed by atoms with van der Waals surface area (Å²) in [7, 11) is 1.13. The van der Waals surface area contributed by atoms with Crippen molar-refractivity contribution in [1.82, 2.24) is 5.06 Å². The molecule has 0 aliphatic carbocycles. The summed E-state index contributed by atoms with van der Waals surface area (Å²) in [6.45, 7) is 0. The van der Waals surface area contributed by atoms with Crippen LogP contribution in [0.4, 0.5) is 0 Å². The minimum absolute atomic E-state index is 0.455. The van der Waals surface area contributed by atoms with Gasteiger partial charge in [-0.15, -0.1) is 0 Å². The van der Waals surface area contributed by atoms with E-state index in [-0.39, 0.29) is 0 Å². The summed E-state index contributed by atoms with van der Waals surface area (Å²) in [6, 6.07) is -1.30. The minimum atomic E-state index is -1.72. The molecule has 88 valence electrons. The summed E-state index contributed by atoms with van der Waals surface area (Å²) in [5.74, 6) is -1.50. The number of aliphatic hydroxyl groups excluding tert-OH is 3. The highest BCUT2D eigenvalue weighted by Gasteiger charge is 2.48. The first-order valence-electron chi connectivity index (χ1n) is 4.20. The van der Waals surface area contributed by atoms with Crippen LogP contribution in [0.15, 0.2) is 0 Å². The minimum Gasteiger partial charge on any atom is -0.479 e. The van der Waals surface area contributed by atoms with Gasteiger partial charge in [-0.3, -0.25) is 0 Å². The highest BCUT2D eigenvalue weighted by atomic mass is 16.6. The van der Waals surface area contributed by atoms with Crippen molar-refractivity contribution in [3.8, 4) is 0 Å². The van der Waals surface area contributed by atoms with Crippen molar-refractivity contribution in [3.63, 3.8) is 0 Å². The Morgan fingerprint density at radius 2 is 1.80 bits per heavy atom. The Bertz CT molecular complexity index is 245. The van der Waals surface area contributed by atoms with Gasteiger partial charge in [-0.2, -0.15) is 5.06 Å². The lowest BCUT2D eigenvalue weighted by molar-refractivity contribution is -0.298. The average molecular weight is 223 g/mol. The van der Waals surface area contributed by atoms with Crippen molar-refractivity contribution in [2.45, 2.75) is 30.6 Å². The van der Waals surface area contributed by atoms with Gasteiger partial charge in [0.05, 0.1) is 0 Å². The molecule has 8 heteroatoms. The molecule has 8 nitrogen and oxygen atoms in total. The number of likely N-dealkylation sites (N-methyl/N-ethyl adjacent to an activating group) is 1. The fraction of sp³-hybridized carbons (Fsp3) is 0.857. The van der Waals surface area contributed by atoms with Crippen LogP contribution in [-0.4, -0.2) is 74.4 Å². The Balaban J connectivity index is 2.83. The number of aliphatic carboxylic acids is 1. The molecular weight excluding hydrogens is 210 g/mol. The normalized spacial score (nSPS) is 41.9. The molecule has 0 aromatic carbocycles. The lowest BCUT2D eigenvalue weighted by Gasteiger charge is -2.40. The summed E-state index contributed by atoms with van der Waals surface area (Å²) in [5.41, 5.74) is 0. The van der Waals surface area contributed by atoms with Crippen LogP contribution in [0.5, 0.6) is 0 Å². The van der Waals surface area contributed by atoms with E-state index in [4.69, 9.17) is 10.3 Å². The maximum Gasteiger partial charge on any atom is 0.335 e. The molecule has 5 atom stereocenters. The largest absolute Gasteiger partial charge is 0.479 e. The Morgan fingerprint density at radius 3 is 2.20 bits per heavy atom. The van der Waals surface area contributed by atoms with E-state index < -0.39 is 36.6 Å². The van der Waals surface area contributed by atoms with Gasteiger partial charge in [0.25, 0.3) is 0 Å². The first-order valence-corrected chi connectivity index (χ1v) is 4.20. The lowest BCUT2D eigenvalue weighted by atomic mass is 9.97. The summed E-state index contributed by atoms with van der Waals surface area (Å²) in [5, 5.41) is 46.1. The lowest BCUT2D eigenvalue weighted by Crippen LogP contribution is -2.63. The third kappa shape index (κ3) is 2.25. The van der Waals surface area contributed by atoms with E-state index in [1.54, 1.807) is 0 Å². The average Bonchev–Trinajstić information content (AvgIpc) is 2.10. The van der Waals surface area contributed by atoms with Gasteiger partial charge in [-0.1, -0.05) is 0 Å². The molecule has 0 amide bonds. The van der Waals surface area contributed by atoms with Gasteiger partial charge in [0, 0.05) is 7.05 Å². The van der Waals surface area contributed by atoms with Crippen LogP contribution in [0.2, 0.25) is 0 Å². The second-order valence-corrected chi connectivity index (χ2v) is 3.33. The van der Waals surface area contributed by atoms with Crippen LogP contribution >= 0.6 is 0 Å². The zero-order valence-corrected chi connectivity index (χ0v) is 7.89. The van der Waals surface area contributed by atoms with E-state index in [0.29, 0.717) is 5.06 Å². The summed E-state index contributed by atoms with van der Waals surface area (Å²) < 4.78 is 4.55. The number of hydrogen-bond donors (Lipinski definition) is 5. The Kier molecular flexibility index (Phi) is 3.60. The van der Waals surface area contributed by atoms with Gasteiger partial charge in [0.15, 0.2) is 12.4 Å². The molecule has 0 unspecified atom stereocenters. The second-order valence-electron chi connectivity index (χ2n) is 3.33. The maximum atomic E-state index is 10.5. The van der Waals surface area contributed by atoms with Crippen molar-refractivity contribution in [3.05, 3.63) is 0 Å². The zero-order valence-electron chi connectivity index (χ0n) is 7.89. The monoisotopic (exact) mass is 223 g/mol. The van der Waals surface area contributed by atoms with Crippen molar-refractivity contribution < 1.29 is 35.2 Å². The molecule has 1 aliphatic rings. The van der Waals surface area contributed by atoms with Crippen LogP contribution in [0.1, 0.15) is 0 Å². The smallest absolute Gasteiger partial charge is 0.335 e. The van der Waals surface area contributed by atoms with E-state index in [1.165, 1.54) is 0 Å². The number of ether oxygens (including phenoxy) is 1. The van der Waals surface area contributed by atoms with E-state index in [1.807, 2.05) is 0 Å². The van der Waals surface area contributed by atoms with Gasteiger partial charge in [0.2, 0.25) is 0 Å². The number of carbonyl (C=O) groups is 1. The first-order chi connectivity index (χ1) is 6.86. The van der Waals surface area contributed by atoms with E-state index in [9.17, 15) is 20.1 Å². The third-order valence-electron chi connectivity index (χ3n) is 2.26. The number of carboxylic acids is 1.